The van der Waals surface area contributed by atoms with Gasteiger partial charge in [0.1, 0.15) is 12.6 Å². The molecular weight excluding hydrogens is 332 g/mol. The second-order valence-electron chi connectivity index (χ2n) is 4.03. The van der Waals surface area contributed by atoms with Crippen LogP contribution < -0.4 is 5.32 Å². The number of rotatable bonds is 2. The molecule has 100 valence electrons. The summed E-state index contributed by atoms with van der Waals surface area (Å²) >= 11 is 4.82. The molecule has 2 rings (SSSR count). The Bertz CT molecular complexity index is 567. The van der Waals surface area contributed by atoms with Gasteiger partial charge in [0, 0.05) is 11.0 Å². The summed E-state index contributed by atoms with van der Waals surface area (Å²) in [5.74, 6) is -1.25. The summed E-state index contributed by atoms with van der Waals surface area (Å²) in [4.78, 5) is 36.8. The fraction of sp³-hybridized carbons (Fsp3) is 0.250. The van der Waals surface area contributed by atoms with E-state index in [1.807, 2.05) is 12.1 Å². The highest BCUT2D eigenvalue weighted by Crippen LogP contribution is 2.23. The number of piperazine rings is 1. The SMILES string of the molecule is CC1C(=O)NC(=O)CN1C(=O)C=Cc1ccc(Br)s1. The average Bonchev–Trinajstić information content (AvgIpc) is 2.76. The second kappa shape index (κ2) is 5.66. The van der Waals surface area contributed by atoms with Gasteiger partial charge in [0.15, 0.2) is 0 Å². The monoisotopic (exact) mass is 342 g/mol. The number of nitrogens with zero attached hydrogens (tertiary/aromatic N) is 1. The van der Waals surface area contributed by atoms with Crippen LogP contribution in [0.3, 0.4) is 0 Å². The van der Waals surface area contributed by atoms with E-state index >= 15 is 0 Å². The van der Waals surface area contributed by atoms with Gasteiger partial charge in [0.25, 0.3) is 0 Å². The third kappa shape index (κ3) is 3.30. The number of hydrogen-bond donors (Lipinski definition) is 1. The predicted octanol–water partition coefficient (Wildman–Crippen LogP) is 1.40. The van der Waals surface area contributed by atoms with Gasteiger partial charge in [-0.25, -0.2) is 0 Å². The van der Waals surface area contributed by atoms with E-state index in [-0.39, 0.29) is 12.5 Å². The molecule has 2 heterocycles. The Morgan fingerprint density at radius 1 is 1.53 bits per heavy atom. The Morgan fingerprint density at radius 3 is 2.89 bits per heavy atom. The number of carbonyl (C=O) groups excluding carboxylic acids is 3. The highest BCUT2D eigenvalue weighted by atomic mass is 79.9. The first-order valence-corrected chi connectivity index (χ1v) is 7.16. The van der Waals surface area contributed by atoms with E-state index < -0.39 is 17.9 Å². The lowest BCUT2D eigenvalue weighted by molar-refractivity contribution is -0.147. The quantitative estimate of drug-likeness (QED) is 0.652. The number of thiophene rings is 1. The van der Waals surface area contributed by atoms with E-state index in [9.17, 15) is 14.4 Å². The van der Waals surface area contributed by atoms with Gasteiger partial charge >= 0.3 is 0 Å². The van der Waals surface area contributed by atoms with Gasteiger partial charge in [-0.1, -0.05) is 0 Å². The molecule has 0 radical (unpaired) electrons. The first kappa shape index (κ1) is 14.0. The van der Waals surface area contributed by atoms with Crippen LogP contribution in [-0.4, -0.2) is 35.2 Å². The van der Waals surface area contributed by atoms with Crippen molar-refractivity contribution in [3.05, 3.63) is 26.9 Å². The molecule has 5 nitrogen and oxygen atoms in total. The van der Waals surface area contributed by atoms with Crippen molar-refractivity contribution in [1.29, 1.82) is 0 Å². The van der Waals surface area contributed by atoms with Crippen molar-refractivity contribution >= 4 is 51.1 Å². The third-order valence-corrected chi connectivity index (χ3v) is 4.28. The van der Waals surface area contributed by atoms with Gasteiger partial charge < -0.3 is 4.90 Å². The van der Waals surface area contributed by atoms with Crippen LogP contribution >= 0.6 is 27.3 Å². The van der Waals surface area contributed by atoms with Crippen LogP contribution in [0, 0.1) is 0 Å². The van der Waals surface area contributed by atoms with Gasteiger partial charge in [0.2, 0.25) is 17.7 Å². The van der Waals surface area contributed by atoms with Crippen molar-refractivity contribution in [3.63, 3.8) is 0 Å². The van der Waals surface area contributed by atoms with Gasteiger partial charge in [-0.3, -0.25) is 19.7 Å². The lowest BCUT2D eigenvalue weighted by Gasteiger charge is -2.30. The summed E-state index contributed by atoms with van der Waals surface area (Å²) in [5, 5.41) is 2.19. The molecule has 1 unspecified atom stereocenters. The topological polar surface area (TPSA) is 66.5 Å². The van der Waals surface area contributed by atoms with E-state index in [2.05, 4.69) is 21.2 Å². The number of nitrogens with one attached hydrogen (secondary N) is 1. The minimum absolute atomic E-state index is 0.0930. The molecule has 1 aliphatic heterocycles. The Labute approximate surface area is 122 Å². The maximum Gasteiger partial charge on any atom is 0.249 e. The summed E-state index contributed by atoms with van der Waals surface area (Å²) in [6.07, 6.45) is 3.04. The number of carbonyl (C=O) groups is 3. The minimum atomic E-state index is -0.634. The number of amides is 3. The average molecular weight is 343 g/mol. The Hall–Kier alpha value is -1.47. The van der Waals surface area contributed by atoms with E-state index in [0.29, 0.717) is 0 Å². The molecule has 1 fully saturated rings. The molecule has 0 spiro atoms. The Balaban J connectivity index is 2.08. The second-order valence-corrected chi connectivity index (χ2v) is 6.52. The van der Waals surface area contributed by atoms with Crippen molar-refractivity contribution in [2.75, 3.05) is 6.54 Å². The summed E-state index contributed by atoms with van der Waals surface area (Å²) in [7, 11) is 0. The fourth-order valence-electron chi connectivity index (χ4n) is 1.65. The third-order valence-electron chi connectivity index (χ3n) is 2.69. The molecule has 0 saturated carbocycles. The molecule has 1 atom stereocenters. The lowest BCUT2D eigenvalue weighted by atomic mass is 10.2. The minimum Gasteiger partial charge on any atom is -0.318 e. The fourth-order valence-corrected chi connectivity index (χ4v) is 2.98. The van der Waals surface area contributed by atoms with Gasteiger partial charge in [0.05, 0.1) is 3.79 Å². The summed E-state index contributed by atoms with van der Waals surface area (Å²) < 4.78 is 0.973. The molecule has 1 aliphatic rings. The largest absolute Gasteiger partial charge is 0.318 e. The van der Waals surface area contributed by atoms with Crippen molar-refractivity contribution in [1.82, 2.24) is 10.2 Å². The van der Waals surface area contributed by atoms with Crippen molar-refractivity contribution in [2.45, 2.75) is 13.0 Å². The molecular formula is C12H11BrN2O3S. The van der Waals surface area contributed by atoms with Crippen molar-refractivity contribution in [3.8, 4) is 0 Å². The lowest BCUT2D eigenvalue weighted by Crippen LogP contribution is -2.58. The Kier molecular flexibility index (Phi) is 4.16. The molecule has 0 aliphatic carbocycles. The Morgan fingerprint density at radius 2 is 2.26 bits per heavy atom. The number of imide groups is 1. The maximum absolute atomic E-state index is 12.0. The normalized spacial score (nSPS) is 19.9. The van der Waals surface area contributed by atoms with E-state index in [0.717, 1.165) is 8.66 Å². The zero-order chi connectivity index (χ0) is 14.0. The van der Waals surface area contributed by atoms with Crippen LogP contribution in [0.2, 0.25) is 0 Å². The van der Waals surface area contributed by atoms with Crippen LogP contribution in [0.1, 0.15) is 11.8 Å². The van der Waals surface area contributed by atoms with Crippen LogP contribution in [0.5, 0.6) is 0 Å². The van der Waals surface area contributed by atoms with Crippen LogP contribution in [0.4, 0.5) is 0 Å². The van der Waals surface area contributed by atoms with Gasteiger partial charge in [-0.15, -0.1) is 11.3 Å². The first-order chi connectivity index (χ1) is 8.97. The first-order valence-electron chi connectivity index (χ1n) is 5.55. The summed E-state index contributed by atoms with van der Waals surface area (Å²) in [6.45, 7) is 1.50. The summed E-state index contributed by atoms with van der Waals surface area (Å²) in [6, 6.07) is 3.12. The van der Waals surface area contributed by atoms with Crippen molar-refractivity contribution in [2.24, 2.45) is 0 Å². The van der Waals surface area contributed by atoms with Gasteiger partial charge in [-0.2, -0.15) is 0 Å². The molecule has 19 heavy (non-hydrogen) atoms. The van der Waals surface area contributed by atoms with E-state index in [1.165, 1.54) is 22.3 Å². The molecule has 0 aromatic carbocycles. The molecule has 1 N–H and O–H groups in total. The van der Waals surface area contributed by atoms with E-state index in [1.54, 1.807) is 13.0 Å². The summed E-state index contributed by atoms with van der Waals surface area (Å²) in [5.41, 5.74) is 0. The highest BCUT2D eigenvalue weighted by Gasteiger charge is 2.32. The zero-order valence-corrected chi connectivity index (χ0v) is 12.5. The number of halogens is 1. The van der Waals surface area contributed by atoms with Crippen LogP contribution in [-0.2, 0) is 14.4 Å². The predicted molar refractivity (Wildman–Crippen MR) is 75.4 cm³/mol. The molecule has 1 aromatic rings. The molecule has 3 amide bonds. The highest BCUT2D eigenvalue weighted by molar-refractivity contribution is 9.11. The zero-order valence-electron chi connectivity index (χ0n) is 10.1. The molecule has 7 heteroatoms. The maximum atomic E-state index is 12.0. The molecule has 1 saturated heterocycles. The van der Waals surface area contributed by atoms with Crippen LogP contribution in [0.15, 0.2) is 22.0 Å². The smallest absolute Gasteiger partial charge is 0.249 e. The van der Waals surface area contributed by atoms with Crippen LogP contribution in [0.25, 0.3) is 6.08 Å². The van der Waals surface area contributed by atoms with Gasteiger partial charge in [-0.05, 0) is 41.1 Å². The standard InChI is InChI=1S/C12H11BrN2O3S/c1-7-12(18)14-10(16)6-15(7)11(17)5-3-8-2-4-9(13)19-8/h2-5,7H,6H2,1H3,(H,14,16,18). The van der Waals surface area contributed by atoms with Crippen molar-refractivity contribution < 1.29 is 14.4 Å². The number of hydrogen-bond acceptors (Lipinski definition) is 4. The molecule has 1 aromatic heterocycles. The van der Waals surface area contributed by atoms with E-state index in [4.69, 9.17) is 0 Å². The molecule has 0 bridgehead atoms.